The zero-order valence-corrected chi connectivity index (χ0v) is 17.3. The first kappa shape index (κ1) is 20.1. The molecule has 1 saturated carbocycles. The lowest BCUT2D eigenvalue weighted by Crippen LogP contribution is -2.38. The fourth-order valence-corrected chi connectivity index (χ4v) is 4.79. The van der Waals surface area contributed by atoms with Crippen LogP contribution in [0.3, 0.4) is 0 Å². The maximum atomic E-state index is 13.4. The fourth-order valence-electron chi connectivity index (χ4n) is 4.79. The number of nitrogens with one attached hydrogen (secondary N) is 1. The third-order valence-electron chi connectivity index (χ3n) is 6.44. The van der Waals surface area contributed by atoms with Gasteiger partial charge in [0.05, 0.1) is 22.2 Å². The molecule has 160 valence electrons. The molecule has 1 aliphatic carbocycles. The number of imide groups is 1. The van der Waals surface area contributed by atoms with E-state index in [-0.39, 0.29) is 23.5 Å². The van der Waals surface area contributed by atoms with Gasteiger partial charge in [0, 0.05) is 5.69 Å². The normalized spacial score (nSPS) is 16.8. The van der Waals surface area contributed by atoms with Gasteiger partial charge in [-0.2, -0.15) is 0 Å². The summed E-state index contributed by atoms with van der Waals surface area (Å²) in [5.74, 6) is -1.27. The summed E-state index contributed by atoms with van der Waals surface area (Å²) in [5.41, 5.74) is 1.71. The van der Waals surface area contributed by atoms with E-state index in [9.17, 15) is 18.8 Å². The Hall–Kier alpha value is -3.80. The molecule has 0 bridgehead atoms. The van der Waals surface area contributed by atoms with Crippen LogP contribution in [0.25, 0.3) is 0 Å². The van der Waals surface area contributed by atoms with Gasteiger partial charge >= 0.3 is 0 Å². The molecule has 1 N–H and O–H groups in total. The second-order valence-corrected chi connectivity index (χ2v) is 8.29. The molecule has 0 atom stereocenters. The minimum atomic E-state index is -0.723. The second kappa shape index (κ2) is 7.71. The Morgan fingerprint density at radius 3 is 2.09 bits per heavy atom. The van der Waals surface area contributed by atoms with Gasteiger partial charge in [-0.05, 0) is 60.9 Å². The summed E-state index contributed by atoms with van der Waals surface area (Å²) < 4.78 is 13.4. The molecule has 3 aromatic carbocycles. The van der Waals surface area contributed by atoms with E-state index in [0.717, 1.165) is 23.3 Å². The number of fused-ring (bicyclic) bond motifs is 1. The van der Waals surface area contributed by atoms with Crippen LogP contribution in [0.2, 0.25) is 0 Å². The molecule has 1 heterocycles. The molecule has 1 aliphatic heterocycles. The smallest absolute Gasteiger partial charge is 0.266 e. The molecule has 5 rings (SSSR count). The zero-order chi connectivity index (χ0) is 22.3. The molecule has 32 heavy (non-hydrogen) atoms. The summed E-state index contributed by atoms with van der Waals surface area (Å²) in [6, 6.07) is 19.6. The number of anilines is 2. The first-order valence-electron chi connectivity index (χ1n) is 10.6. The molecule has 5 nitrogen and oxygen atoms in total. The van der Waals surface area contributed by atoms with Crippen LogP contribution in [-0.2, 0) is 10.2 Å². The predicted molar refractivity (Wildman–Crippen MR) is 119 cm³/mol. The number of hydrogen-bond donors (Lipinski definition) is 1. The number of rotatable bonds is 4. The first-order valence-corrected chi connectivity index (χ1v) is 10.6. The van der Waals surface area contributed by atoms with Crippen molar-refractivity contribution in [3.05, 3.63) is 95.3 Å². The van der Waals surface area contributed by atoms with Gasteiger partial charge in [-0.15, -0.1) is 0 Å². The van der Waals surface area contributed by atoms with Gasteiger partial charge < -0.3 is 5.32 Å². The van der Waals surface area contributed by atoms with Crippen molar-refractivity contribution in [3.8, 4) is 0 Å². The summed E-state index contributed by atoms with van der Waals surface area (Å²) in [5, 5.41) is 2.97. The van der Waals surface area contributed by atoms with E-state index in [4.69, 9.17) is 0 Å². The van der Waals surface area contributed by atoms with Gasteiger partial charge in [0.1, 0.15) is 5.82 Å². The van der Waals surface area contributed by atoms with Crippen LogP contribution in [-0.4, -0.2) is 17.7 Å². The van der Waals surface area contributed by atoms with Crippen molar-refractivity contribution in [2.75, 3.05) is 10.2 Å². The maximum Gasteiger partial charge on any atom is 0.266 e. The topological polar surface area (TPSA) is 66.5 Å². The Morgan fingerprint density at radius 2 is 1.47 bits per heavy atom. The van der Waals surface area contributed by atoms with Crippen molar-refractivity contribution in [2.24, 2.45) is 0 Å². The quantitative estimate of drug-likeness (QED) is 0.590. The van der Waals surface area contributed by atoms with Crippen LogP contribution in [0, 0.1) is 5.82 Å². The number of amides is 3. The largest absolute Gasteiger partial charge is 0.325 e. The third kappa shape index (κ3) is 3.19. The molecule has 0 saturated heterocycles. The molecule has 0 unspecified atom stereocenters. The average Bonchev–Trinajstić information content (AvgIpc) is 3.39. The molecule has 3 aromatic rings. The van der Waals surface area contributed by atoms with E-state index in [1.54, 1.807) is 60.7 Å². The summed E-state index contributed by atoms with van der Waals surface area (Å²) in [6.07, 6.45) is 3.20. The van der Waals surface area contributed by atoms with E-state index in [2.05, 4.69) is 5.32 Å². The predicted octanol–water partition coefficient (Wildman–Crippen LogP) is 5.08. The van der Waals surface area contributed by atoms with Crippen LogP contribution in [0.4, 0.5) is 15.8 Å². The van der Waals surface area contributed by atoms with Crippen LogP contribution in [0.1, 0.15) is 52.0 Å². The summed E-state index contributed by atoms with van der Waals surface area (Å²) in [7, 11) is 0. The monoisotopic (exact) mass is 428 g/mol. The van der Waals surface area contributed by atoms with E-state index in [1.165, 1.54) is 12.1 Å². The van der Waals surface area contributed by atoms with Crippen LogP contribution in [0.5, 0.6) is 0 Å². The summed E-state index contributed by atoms with van der Waals surface area (Å²) in [4.78, 5) is 40.1. The average molecular weight is 428 g/mol. The molecule has 0 radical (unpaired) electrons. The minimum Gasteiger partial charge on any atom is -0.325 e. The highest BCUT2D eigenvalue weighted by molar-refractivity contribution is 6.34. The van der Waals surface area contributed by atoms with Gasteiger partial charge in [0.2, 0.25) is 5.91 Å². The van der Waals surface area contributed by atoms with Crippen molar-refractivity contribution >= 4 is 29.1 Å². The van der Waals surface area contributed by atoms with E-state index in [0.29, 0.717) is 35.3 Å². The standard InChI is InChI=1S/C26H21FN2O3/c27-18-12-10-17(11-13-18)26(14-3-4-15-26)25(32)28-19-6-5-7-20(16-19)29-23(30)21-8-1-2-9-22(21)24(29)31/h1-2,5-13,16H,3-4,14-15H2,(H,28,32). The Morgan fingerprint density at radius 1 is 0.844 bits per heavy atom. The maximum absolute atomic E-state index is 13.4. The van der Waals surface area contributed by atoms with Crippen molar-refractivity contribution in [2.45, 2.75) is 31.1 Å². The van der Waals surface area contributed by atoms with Crippen molar-refractivity contribution < 1.29 is 18.8 Å². The van der Waals surface area contributed by atoms with Gasteiger partial charge in [0.25, 0.3) is 11.8 Å². The Kier molecular flexibility index (Phi) is 4.85. The lowest BCUT2D eigenvalue weighted by molar-refractivity contribution is -0.121. The van der Waals surface area contributed by atoms with E-state index >= 15 is 0 Å². The van der Waals surface area contributed by atoms with Crippen LogP contribution in [0.15, 0.2) is 72.8 Å². The van der Waals surface area contributed by atoms with Gasteiger partial charge in [-0.25, -0.2) is 9.29 Å². The van der Waals surface area contributed by atoms with E-state index < -0.39 is 5.41 Å². The lowest BCUT2D eigenvalue weighted by atomic mass is 9.78. The minimum absolute atomic E-state index is 0.166. The molecular weight excluding hydrogens is 407 g/mol. The molecule has 0 spiro atoms. The number of halogens is 1. The number of carbonyl (C=O) groups is 3. The van der Waals surface area contributed by atoms with Gasteiger partial charge in [-0.3, -0.25) is 14.4 Å². The highest BCUT2D eigenvalue weighted by Crippen LogP contribution is 2.42. The Labute approximate surface area is 184 Å². The van der Waals surface area contributed by atoms with E-state index in [1.807, 2.05) is 0 Å². The first-order chi connectivity index (χ1) is 15.5. The zero-order valence-electron chi connectivity index (χ0n) is 17.3. The van der Waals surface area contributed by atoms with Crippen molar-refractivity contribution in [1.29, 1.82) is 0 Å². The summed E-state index contributed by atoms with van der Waals surface area (Å²) in [6.45, 7) is 0. The molecule has 6 heteroatoms. The highest BCUT2D eigenvalue weighted by atomic mass is 19.1. The SMILES string of the molecule is O=C1c2ccccc2C(=O)N1c1cccc(NC(=O)C2(c3ccc(F)cc3)CCCC2)c1. The molecular formula is C26H21FN2O3. The van der Waals surface area contributed by atoms with Crippen LogP contribution >= 0.6 is 0 Å². The molecule has 1 fully saturated rings. The summed E-state index contributed by atoms with van der Waals surface area (Å²) >= 11 is 0. The molecule has 2 aliphatic rings. The van der Waals surface area contributed by atoms with Gasteiger partial charge in [-0.1, -0.05) is 43.2 Å². The van der Waals surface area contributed by atoms with Crippen LogP contribution < -0.4 is 10.2 Å². The van der Waals surface area contributed by atoms with Gasteiger partial charge in [0.15, 0.2) is 0 Å². The Balaban J connectivity index is 1.43. The molecule has 3 amide bonds. The van der Waals surface area contributed by atoms with Crippen molar-refractivity contribution in [1.82, 2.24) is 0 Å². The second-order valence-electron chi connectivity index (χ2n) is 8.29. The number of carbonyl (C=O) groups excluding carboxylic acids is 3. The number of hydrogen-bond acceptors (Lipinski definition) is 3. The number of nitrogens with zero attached hydrogens (tertiary/aromatic N) is 1. The fraction of sp³-hybridized carbons (Fsp3) is 0.192. The Bertz CT molecular complexity index is 1190. The highest BCUT2D eigenvalue weighted by Gasteiger charge is 2.43. The lowest BCUT2D eigenvalue weighted by Gasteiger charge is -2.28. The third-order valence-corrected chi connectivity index (χ3v) is 6.44. The number of benzene rings is 3. The molecule has 0 aromatic heterocycles. The van der Waals surface area contributed by atoms with Crippen molar-refractivity contribution in [3.63, 3.8) is 0 Å².